The Morgan fingerprint density at radius 2 is 2.04 bits per heavy atom. The first kappa shape index (κ1) is 18.5. The number of nitro benzene ring substituents is 1. The number of halogens is 3. The predicted octanol–water partition coefficient (Wildman–Crippen LogP) is 3.63. The zero-order valence-corrected chi connectivity index (χ0v) is 14.2. The second-order valence-corrected chi connectivity index (χ2v) is 5.61. The van der Waals surface area contributed by atoms with E-state index in [0.717, 1.165) is 11.8 Å². The highest BCUT2D eigenvalue weighted by molar-refractivity contribution is 6.31. The number of rotatable bonds is 7. The van der Waals surface area contributed by atoms with Crippen LogP contribution in [0.2, 0.25) is 5.02 Å². The van der Waals surface area contributed by atoms with Gasteiger partial charge in [-0.25, -0.2) is 4.98 Å². The van der Waals surface area contributed by atoms with E-state index in [1.54, 1.807) is 23.0 Å². The standard InChI is InChI=1S/C15H11ClF2N6O3/c16-12-6-19-15(22-13(12)27-14(17)18)21-10-5-20-23(8-10)7-9-1-3-11(4-2-9)24(25)26/h1-6,8,14H,7H2,(H,19,21,22). The first-order valence-corrected chi connectivity index (χ1v) is 7.78. The fourth-order valence-corrected chi connectivity index (χ4v) is 2.27. The number of ether oxygens (including phenoxy) is 1. The van der Waals surface area contributed by atoms with E-state index in [1.807, 2.05) is 0 Å². The van der Waals surface area contributed by atoms with Crippen LogP contribution in [0.15, 0.2) is 42.9 Å². The van der Waals surface area contributed by atoms with Crippen LogP contribution < -0.4 is 10.1 Å². The first-order valence-electron chi connectivity index (χ1n) is 7.41. The van der Waals surface area contributed by atoms with Crippen LogP contribution in [0.3, 0.4) is 0 Å². The van der Waals surface area contributed by atoms with E-state index < -0.39 is 17.4 Å². The lowest BCUT2D eigenvalue weighted by atomic mass is 10.2. The third-order valence-corrected chi connectivity index (χ3v) is 3.55. The van der Waals surface area contributed by atoms with E-state index in [0.29, 0.717) is 12.2 Å². The molecule has 12 heteroatoms. The summed E-state index contributed by atoms with van der Waals surface area (Å²) >= 11 is 5.70. The van der Waals surface area contributed by atoms with Gasteiger partial charge in [0.2, 0.25) is 11.8 Å². The van der Waals surface area contributed by atoms with Crippen molar-refractivity contribution >= 4 is 28.9 Å². The highest BCUT2D eigenvalue weighted by Crippen LogP contribution is 2.24. The molecule has 27 heavy (non-hydrogen) atoms. The van der Waals surface area contributed by atoms with Crippen molar-refractivity contribution in [1.29, 1.82) is 0 Å². The highest BCUT2D eigenvalue weighted by atomic mass is 35.5. The molecular weight excluding hydrogens is 386 g/mol. The molecule has 3 aromatic rings. The molecule has 0 bridgehead atoms. The van der Waals surface area contributed by atoms with Crippen molar-refractivity contribution in [3.05, 3.63) is 63.6 Å². The largest absolute Gasteiger partial charge is 0.415 e. The lowest BCUT2D eigenvalue weighted by molar-refractivity contribution is -0.384. The molecule has 2 aromatic heterocycles. The third kappa shape index (κ3) is 4.85. The summed E-state index contributed by atoms with van der Waals surface area (Å²) in [7, 11) is 0. The average molecular weight is 397 g/mol. The molecule has 0 amide bonds. The molecule has 3 rings (SSSR count). The summed E-state index contributed by atoms with van der Waals surface area (Å²) in [5, 5.41) is 17.5. The summed E-state index contributed by atoms with van der Waals surface area (Å²) in [6, 6.07) is 6.07. The van der Waals surface area contributed by atoms with Crippen molar-refractivity contribution < 1.29 is 18.4 Å². The van der Waals surface area contributed by atoms with Gasteiger partial charge < -0.3 is 10.1 Å². The maximum Gasteiger partial charge on any atom is 0.388 e. The van der Waals surface area contributed by atoms with Crippen molar-refractivity contribution in [2.75, 3.05) is 5.32 Å². The number of hydrogen-bond donors (Lipinski definition) is 1. The monoisotopic (exact) mass is 396 g/mol. The SMILES string of the molecule is O=[N+]([O-])c1ccc(Cn2cc(Nc3ncc(Cl)c(OC(F)F)n3)cn2)cc1. The summed E-state index contributed by atoms with van der Waals surface area (Å²) in [6.07, 6.45) is 4.25. The number of benzene rings is 1. The van der Waals surface area contributed by atoms with Gasteiger partial charge in [0.15, 0.2) is 0 Å². The summed E-state index contributed by atoms with van der Waals surface area (Å²) in [4.78, 5) is 17.8. The summed E-state index contributed by atoms with van der Waals surface area (Å²) in [6.45, 7) is -2.68. The Morgan fingerprint density at radius 3 is 2.70 bits per heavy atom. The Bertz CT molecular complexity index is 951. The van der Waals surface area contributed by atoms with Crippen LogP contribution >= 0.6 is 11.6 Å². The van der Waals surface area contributed by atoms with Crippen LogP contribution in [0.25, 0.3) is 0 Å². The molecule has 0 unspecified atom stereocenters. The number of nitrogens with zero attached hydrogens (tertiary/aromatic N) is 5. The Morgan fingerprint density at radius 1 is 1.30 bits per heavy atom. The molecule has 0 spiro atoms. The van der Waals surface area contributed by atoms with Gasteiger partial charge in [-0.15, -0.1) is 0 Å². The molecule has 140 valence electrons. The van der Waals surface area contributed by atoms with Crippen molar-refractivity contribution in [2.45, 2.75) is 13.2 Å². The average Bonchev–Trinajstić information content (AvgIpc) is 3.05. The van der Waals surface area contributed by atoms with Crippen molar-refractivity contribution in [1.82, 2.24) is 19.7 Å². The van der Waals surface area contributed by atoms with Gasteiger partial charge in [-0.3, -0.25) is 14.8 Å². The van der Waals surface area contributed by atoms with Crippen LogP contribution in [0.4, 0.5) is 26.1 Å². The smallest absolute Gasteiger partial charge is 0.388 e. The number of anilines is 2. The lowest BCUT2D eigenvalue weighted by Crippen LogP contribution is -2.06. The third-order valence-electron chi connectivity index (χ3n) is 3.29. The van der Waals surface area contributed by atoms with E-state index >= 15 is 0 Å². The fourth-order valence-electron chi connectivity index (χ4n) is 2.13. The van der Waals surface area contributed by atoms with E-state index in [2.05, 4.69) is 25.1 Å². The molecule has 0 saturated carbocycles. The minimum atomic E-state index is -3.06. The first-order chi connectivity index (χ1) is 12.9. The van der Waals surface area contributed by atoms with E-state index in [4.69, 9.17) is 11.6 Å². The molecule has 0 fully saturated rings. The molecule has 1 N–H and O–H groups in total. The lowest BCUT2D eigenvalue weighted by Gasteiger charge is -2.07. The number of aromatic nitrogens is 4. The second kappa shape index (κ2) is 7.91. The molecule has 0 aliphatic rings. The maximum atomic E-state index is 12.3. The molecule has 0 aliphatic heterocycles. The highest BCUT2D eigenvalue weighted by Gasteiger charge is 2.13. The summed E-state index contributed by atoms with van der Waals surface area (Å²) in [5.74, 6) is -0.438. The van der Waals surface area contributed by atoms with E-state index in [-0.39, 0.29) is 16.7 Å². The van der Waals surface area contributed by atoms with Gasteiger partial charge in [-0.05, 0) is 5.56 Å². The van der Waals surface area contributed by atoms with Crippen molar-refractivity contribution in [3.8, 4) is 5.88 Å². The zero-order chi connectivity index (χ0) is 19.4. The van der Waals surface area contributed by atoms with Crippen LogP contribution in [-0.4, -0.2) is 31.3 Å². The number of nitro groups is 1. The zero-order valence-electron chi connectivity index (χ0n) is 13.4. The number of alkyl halides is 2. The van der Waals surface area contributed by atoms with Gasteiger partial charge in [0.05, 0.1) is 29.5 Å². The van der Waals surface area contributed by atoms with Crippen LogP contribution in [-0.2, 0) is 6.54 Å². The Balaban J connectivity index is 1.68. The van der Waals surface area contributed by atoms with Crippen molar-refractivity contribution in [3.63, 3.8) is 0 Å². The van der Waals surface area contributed by atoms with Crippen LogP contribution in [0.1, 0.15) is 5.56 Å². The molecule has 0 radical (unpaired) electrons. The number of hydrogen-bond acceptors (Lipinski definition) is 7. The Kier molecular flexibility index (Phi) is 5.41. The van der Waals surface area contributed by atoms with Gasteiger partial charge in [0.25, 0.3) is 5.69 Å². The molecule has 0 atom stereocenters. The van der Waals surface area contributed by atoms with Gasteiger partial charge in [-0.1, -0.05) is 23.7 Å². The molecular formula is C15H11ClF2N6O3. The molecule has 9 nitrogen and oxygen atoms in total. The van der Waals surface area contributed by atoms with Crippen LogP contribution in [0, 0.1) is 10.1 Å². The van der Waals surface area contributed by atoms with E-state index in [9.17, 15) is 18.9 Å². The number of nitrogens with one attached hydrogen (secondary N) is 1. The quantitative estimate of drug-likeness (QED) is 0.479. The molecule has 2 heterocycles. The Hall–Kier alpha value is -3.34. The van der Waals surface area contributed by atoms with Gasteiger partial charge in [0, 0.05) is 18.3 Å². The van der Waals surface area contributed by atoms with Gasteiger partial charge in [0.1, 0.15) is 5.02 Å². The second-order valence-electron chi connectivity index (χ2n) is 5.20. The predicted molar refractivity (Wildman–Crippen MR) is 91.4 cm³/mol. The van der Waals surface area contributed by atoms with Gasteiger partial charge >= 0.3 is 6.61 Å². The van der Waals surface area contributed by atoms with E-state index in [1.165, 1.54) is 18.3 Å². The summed E-state index contributed by atoms with van der Waals surface area (Å²) in [5.41, 5.74) is 1.32. The topological polar surface area (TPSA) is 108 Å². The normalized spacial score (nSPS) is 10.8. The maximum absolute atomic E-state index is 12.3. The fraction of sp³-hybridized carbons (Fsp3) is 0.133. The van der Waals surface area contributed by atoms with Crippen LogP contribution in [0.5, 0.6) is 5.88 Å². The molecule has 1 aromatic carbocycles. The van der Waals surface area contributed by atoms with Crippen molar-refractivity contribution in [2.24, 2.45) is 0 Å². The molecule has 0 aliphatic carbocycles. The Labute approximate surface area is 155 Å². The summed E-state index contributed by atoms with van der Waals surface area (Å²) < 4.78 is 30.4. The number of non-ortho nitro benzene ring substituents is 1. The molecule has 0 saturated heterocycles. The minimum absolute atomic E-state index is 0.00304. The minimum Gasteiger partial charge on any atom is -0.415 e. The van der Waals surface area contributed by atoms with Gasteiger partial charge in [-0.2, -0.15) is 18.9 Å².